The number of aryl methyl sites for hydroxylation is 1. The second-order valence-corrected chi connectivity index (χ2v) is 8.87. The Balaban J connectivity index is 1.91. The number of nitrogens with zero attached hydrogens (tertiary/aromatic N) is 3. The van der Waals surface area contributed by atoms with Gasteiger partial charge < -0.3 is 15.4 Å². The molecule has 2 heterocycles. The van der Waals surface area contributed by atoms with Gasteiger partial charge >= 0.3 is 6.18 Å². The van der Waals surface area contributed by atoms with E-state index in [4.69, 9.17) is 4.74 Å². The molecule has 33 heavy (non-hydrogen) atoms. The average molecular weight is 480 g/mol. The van der Waals surface area contributed by atoms with Gasteiger partial charge in [-0.2, -0.15) is 13.2 Å². The zero-order valence-electron chi connectivity index (χ0n) is 17.9. The molecule has 0 aliphatic rings. The number of alkyl halides is 3. The SMILES string of the molecule is Bc1cc(C)cc(Nc2cc(Nc3cc(S(=O)(=O)NC)ccc3OCC(F)(F)F)ncn2)n1. The van der Waals surface area contributed by atoms with Crippen LogP contribution in [0.15, 0.2) is 47.6 Å². The van der Waals surface area contributed by atoms with Crippen molar-refractivity contribution in [2.24, 2.45) is 0 Å². The molecule has 0 saturated carbocycles. The fourth-order valence-corrected chi connectivity index (χ4v) is 3.60. The van der Waals surface area contributed by atoms with E-state index >= 15 is 0 Å². The molecule has 0 atom stereocenters. The number of nitrogens with one attached hydrogen (secondary N) is 3. The molecule has 0 unspecified atom stereocenters. The molecular formula is C19H20BF3N6O3S. The second kappa shape index (κ2) is 9.62. The van der Waals surface area contributed by atoms with Crippen LogP contribution >= 0.6 is 0 Å². The highest BCUT2D eigenvalue weighted by Gasteiger charge is 2.29. The molecule has 0 bridgehead atoms. The monoisotopic (exact) mass is 480 g/mol. The Kier molecular flexibility index (Phi) is 7.08. The maximum absolute atomic E-state index is 12.7. The number of ether oxygens (including phenoxy) is 1. The molecule has 1 aromatic carbocycles. The van der Waals surface area contributed by atoms with Crippen molar-refractivity contribution in [3.05, 3.63) is 48.3 Å². The topological polar surface area (TPSA) is 118 Å². The van der Waals surface area contributed by atoms with E-state index in [0.29, 0.717) is 11.6 Å². The van der Waals surface area contributed by atoms with Gasteiger partial charge in [0.2, 0.25) is 10.0 Å². The lowest BCUT2D eigenvalue weighted by molar-refractivity contribution is -0.153. The van der Waals surface area contributed by atoms with Gasteiger partial charge in [-0.25, -0.2) is 28.1 Å². The van der Waals surface area contributed by atoms with E-state index in [-0.39, 0.29) is 22.2 Å². The maximum Gasteiger partial charge on any atom is 0.422 e. The third-order valence-corrected chi connectivity index (χ3v) is 5.62. The van der Waals surface area contributed by atoms with Gasteiger partial charge in [0.1, 0.15) is 29.5 Å². The fourth-order valence-electron chi connectivity index (χ4n) is 2.85. The molecule has 174 valence electrons. The lowest BCUT2D eigenvalue weighted by atomic mass is 10.0. The van der Waals surface area contributed by atoms with Crippen molar-refractivity contribution in [1.82, 2.24) is 19.7 Å². The molecule has 3 N–H and O–H groups in total. The maximum atomic E-state index is 12.7. The summed E-state index contributed by atoms with van der Waals surface area (Å²) < 4.78 is 69.3. The molecule has 0 aliphatic carbocycles. The average Bonchev–Trinajstić information content (AvgIpc) is 2.71. The van der Waals surface area contributed by atoms with Gasteiger partial charge in [-0.1, -0.05) is 0 Å². The molecule has 2 aromatic heterocycles. The van der Waals surface area contributed by atoms with Gasteiger partial charge in [0, 0.05) is 6.07 Å². The Bertz CT molecular complexity index is 1240. The molecule has 0 aliphatic heterocycles. The van der Waals surface area contributed by atoms with Gasteiger partial charge in [0.25, 0.3) is 0 Å². The van der Waals surface area contributed by atoms with Gasteiger partial charge in [-0.05, 0) is 55.5 Å². The van der Waals surface area contributed by atoms with E-state index in [1.165, 1.54) is 19.4 Å². The Morgan fingerprint density at radius 1 is 1.03 bits per heavy atom. The van der Waals surface area contributed by atoms with Gasteiger partial charge in [-0.15, -0.1) is 0 Å². The van der Waals surface area contributed by atoms with Crippen molar-refractivity contribution in [1.29, 1.82) is 0 Å². The summed E-state index contributed by atoms with van der Waals surface area (Å²) in [5.74, 6) is 0.898. The van der Waals surface area contributed by atoms with Crippen LogP contribution < -0.4 is 25.7 Å². The van der Waals surface area contributed by atoms with Crippen LogP contribution in [0.5, 0.6) is 5.75 Å². The zero-order valence-corrected chi connectivity index (χ0v) is 18.7. The van der Waals surface area contributed by atoms with Crippen LogP contribution in [-0.2, 0) is 10.0 Å². The third kappa shape index (κ3) is 6.80. The molecule has 3 aromatic rings. The van der Waals surface area contributed by atoms with E-state index in [1.807, 2.05) is 26.9 Å². The first-order chi connectivity index (χ1) is 15.4. The van der Waals surface area contributed by atoms with Crippen molar-refractivity contribution in [2.45, 2.75) is 18.0 Å². The number of sulfonamides is 1. The van der Waals surface area contributed by atoms with E-state index in [9.17, 15) is 21.6 Å². The molecule has 0 spiro atoms. The predicted octanol–water partition coefficient (Wildman–Crippen LogP) is 1.77. The van der Waals surface area contributed by atoms with Crippen molar-refractivity contribution >= 4 is 46.6 Å². The van der Waals surface area contributed by atoms with Crippen LogP contribution in [0.4, 0.5) is 36.3 Å². The standard InChI is InChI=1S/C19H20BF3N6O3S/c1-11-5-15(20)28-18(6-11)29-17-8-16(25-10-26-17)27-13-7-12(33(30,31)24-2)3-4-14(13)32-9-19(21,22)23/h3-8,10,24H,9,20H2,1-2H3,(H2,25,26,27,28,29). The van der Waals surface area contributed by atoms with Crippen molar-refractivity contribution in [2.75, 3.05) is 24.3 Å². The first kappa shape index (κ1) is 24.3. The van der Waals surface area contributed by atoms with Crippen LogP contribution in [0.2, 0.25) is 0 Å². The lowest BCUT2D eigenvalue weighted by Crippen LogP contribution is -2.20. The fraction of sp³-hybridized carbons (Fsp3) is 0.211. The first-order valence-corrected chi connectivity index (χ1v) is 11.0. The van der Waals surface area contributed by atoms with Crippen LogP contribution in [0.1, 0.15) is 5.56 Å². The number of pyridine rings is 1. The van der Waals surface area contributed by atoms with Crippen LogP contribution in [-0.4, -0.2) is 51.0 Å². The number of hydrogen-bond donors (Lipinski definition) is 3. The molecule has 3 rings (SSSR count). The van der Waals surface area contributed by atoms with E-state index in [1.54, 1.807) is 0 Å². The minimum atomic E-state index is -4.57. The summed E-state index contributed by atoms with van der Waals surface area (Å²) in [6, 6.07) is 8.65. The summed E-state index contributed by atoms with van der Waals surface area (Å²) in [7, 11) is -0.782. The van der Waals surface area contributed by atoms with Gasteiger partial charge in [-0.3, -0.25) is 0 Å². The lowest BCUT2D eigenvalue weighted by Gasteiger charge is -2.16. The van der Waals surface area contributed by atoms with Crippen LogP contribution in [0.3, 0.4) is 0 Å². The Hall–Kier alpha value is -3.39. The summed E-state index contributed by atoms with van der Waals surface area (Å²) in [5, 5.41) is 5.83. The number of rotatable bonds is 8. The summed E-state index contributed by atoms with van der Waals surface area (Å²) in [4.78, 5) is 12.3. The van der Waals surface area contributed by atoms with Crippen molar-refractivity contribution < 1.29 is 26.3 Å². The number of anilines is 4. The predicted molar refractivity (Wildman–Crippen MR) is 120 cm³/mol. The number of hydrogen-bond acceptors (Lipinski definition) is 8. The smallest absolute Gasteiger partial charge is 0.422 e. The molecule has 0 radical (unpaired) electrons. The summed E-state index contributed by atoms with van der Waals surface area (Å²) >= 11 is 0. The first-order valence-electron chi connectivity index (χ1n) is 9.54. The van der Waals surface area contributed by atoms with Crippen LogP contribution in [0.25, 0.3) is 0 Å². The van der Waals surface area contributed by atoms with E-state index in [0.717, 1.165) is 29.4 Å². The second-order valence-electron chi connectivity index (χ2n) is 6.98. The highest BCUT2D eigenvalue weighted by molar-refractivity contribution is 7.89. The number of aromatic nitrogens is 3. The van der Waals surface area contributed by atoms with E-state index in [2.05, 4.69) is 30.3 Å². The Morgan fingerprint density at radius 2 is 1.73 bits per heavy atom. The molecular weight excluding hydrogens is 460 g/mol. The third-order valence-electron chi connectivity index (χ3n) is 4.21. The summed E-state index contributed by atoms with van der Waals surface area (Å²) in [6.45, 7) is 0.371. The molecule has 0 saturated heterocycles. The quantitative estimate of drug-likeness (QED) is 0.418. The van der Waals surface area contributed by atoms with Gasteiger partial charge in [0.15, 0.2) is 14.5 Å². The Morgan fingerprint density at radius 3 is 2.36 bits per heavy atom. The molecule has 0 amide bonds. The molecule has 14 heteroatoms. The van der Waals surface area contributed by atoms with E-state index < -0.39 is 22.8 Å². The van der Waals surface area contributed by atoms with Crippen molar-refractivity contribution in [3.8, 4) is 5.75 Å². The largest absolute Gasteiger partial charge is 0.482 e. The Labute approximate surface area is 189 Å². The van der Waals surface area contributed by atoms with Gasteiger partial charge in [0.05, 0.1) is 10.6 Å². The van der Waals surface area contributed by atoms with Crippen LogP contribution in [0, 0.1) is 6.92 Å². The summed E-state index contributed by atoms with van der Waals surface area (Å²) in [5.41, 5.74) is 1.77. The highest BCUT2D eigenvalue weighted by atomic mass is 32.2. The molecule has 9 nitrogen and oxygen atoms in total. The van der Waals surface area contributed by atoms with Crippen molar-refractivity contribution in [3.63, 3.8) is 0 Å². The minimum absolute atomic E-state index is 0.0234. The summed E-state index contributed by atoms with van der Waals surface area (Å²) in [6.07, 6.45) is -3.34. The number of benzene rings is 1. The zero-order chi connectivity index (χ0) is 24.2. The normalized spacial score (nSPS) is 11.8. The minimum Gasteiger partial charge on any atom is -0.482 e. The number of halogens is 3. The highest BCUT2D eigenvalue weighted by Crippen LogP contribution is 2.32. The molecule has 0 fully saturated rings.